The Morgan fingerprint density at radius 2 is 1.81 bits per heavy atom. The van der Waals surface area contributed by atoms with Gasteiger partial charge in [-0.15, -0.1) is 0 Å². The molecule has 0 spiro atoms. The fourth-order valence-electron chi connectivity index (χ4n) is 3.47. The van der Waals surface area contributed by atoms with E-state index in [0.717, 1.165) is 24.9 Å². The number of carboxylic acid groups (broad SMARTS) is 1. The number of amides is 3. The van der Waals surface area contributed by atoms with Crippen molar-refractivity contribution < 1.29 is 24.3 Å². The summed E-state index contributed by atoms with van der Waals surface area (Å²) in [6.07, 6.45) is 2.20. The summed E-state index contributed by atoms with van der Waals surface area (Å²) in [6.45, 7) is 4.28. The highest BCUT2D eigenvalue weighted by Gasteiger charge is 2.28. The molecule has 5 N–H and O–H groups in total. The smallest absolute Gasteiger partial charge is 0.326 e. The van der Waals surface area contributed by atoms with E-state index in [1.54, 1.807) is 24.3 Å². The molecule has 31 heavy (non-hydrogen) atoms. The largest absolute Gasteiger partial charge is 0.480 e. The van der Waals surface area contributed by atoms with E-state index < -0.39 is 29.9 Å². The molecule has 1 heterocycles. The number of carboxylic acids is 1. The molecule has 170 valence electrons. The Morgan fingerprint density at radius 1 is 1.10 bits per heavy atom. The van der Waals surface area contributed by atoms with Crippen molar-refractivity contribution in [1.82, 2.24) is 21.3 Å². The number of carbonyl (C=O) groups excluding carboxylic acids is 3. The summed E-state index contributed by atoms with van der Waals surface area (Å²) in [5.74, 6) is -2.30. The zero-order chi connectivity index (χ0) is 22.8. The lowest BCUT2D eigenvalue weighted by Crippen LogP contribution is -2.53. The van der Waals surface area contributed by atoms with Gasteiger partial charge in [-0.2, -0.15) is 0 Å². The SMILES string of the molecule is CC(C)CC(NC(=O)C1CCCN1)C(=O)NCC(=O)NC(Cc1ccccc1)C(=O)O. The van der Waals surface area contributed by atoms with Gasteiger partial charge in [0.1, 0.15) is 12.1 Å². The van der Waals surface area contributed by atoms with Crippen LogP contribution in [-0.4, -0.2) is 60.0 Å². The van der Waals surface area contributed by atoms with Gasteiger partial charge in [-0.25, -0.2) is 4.79 Å². The molecule has 2 rings (SSSR count). The number of hydrogen-bond donors (Lipinski definition) is 5. The van der Waals surface area contributed by atoms with Crippen LogP contribution in [0.4, 0.5) is 0 Å². The molecule has 3 unspecified atom stereocenters. The third-order valence-electron chi connectivity index (χ3n) is 5.06. The highest BCUT2D eigenvalue weighted by molar-refractivity contribution is 5.92. The normalized spacial score (nSPS) is 17.6. The Morgan fingerprint density at radius 3 is 2.39 bits per heavy atom. The number of benzene rings is 1. The molecular formula is C22H32N4O5. The standard InChI is InChI=1S/C22H32N4O5/c1-14(2)11-17(26-21(29)16-9-6-10-23-16)20(28)24-13-19(27)25-18(22(30)31)12-15-7-4-3-5-8-15/h3-5,7-8,14,16-18,23H,6,9-13H2,1-2H3,(H,24,28)(H,25,27)(H,26,29)(H,30,31). The van der Waals surface area contributed by atoms with Crippen molar-refractivity contribution in [3.63, 3.8) is 0 Å². The summed E-state index contributed by atoms with van der Waals surface area (Å²) in [4.78, 5) is 48.7. The summed E-state index contributed by atoms with van der Waals surface area (Å²) < 4.78 is 0. The van der Waals surface area contributed by atoms with Crippen molar-refractivity contribution in [3.05, 3.63) is 35.9 Å². The van der Waals surface area contributed by atoms with Gasteiger partial charge in [-0.3, -0.25) is 14.4 Å². The molecule has 0 aromatic heterocycles. The molecule has 3 amide bonds. The first-order chi connectivity index (χ1) is 14.8. The van der Waals surface area contributed by atoms with Crippen LogP contribution in [0.3, 0.4) is 0 Å². The molecule has 1 fully saturated rings. The van der Waals surface area contributed by atoms with Gasteiger partial charge >= 0.3 is 5.97 Å². The second kappa shape index (κ2) is 12.0. The Hall–Kier alpha value is -2.94. The quantitative estimate of drug-likeness (QED) is 0.339. The van der Waals surface area contributed by atoms with E-state index in [9.17, 15) is 24.3 Å². The second-order valence-electron chi connectivity index (χ2n) is 8.21. The van der Waals surface area contributed by atoms with E-state index in [1.807, 2.05) is 19.9 Å². The molecule has 0 radical (unpaired) electrons. The first-order valence-corrected chi connectivity index (χ1v) is 10.6. The van der Waals surface area contributed by atoms with Gasteiger partial charge in [-0.1, -0.05) is 44.2 Å². The molecule has 1 saturated heterocycles. The zero-order valence-electron chi connectivity index (χ0n) is 18.0. The summed E-state index contributed by atoms with van der Waals surface area (Å²) >= 11 is 0. The van der Waals surface area contributed by atoms with Crippen molar-refractivity contribution in [1.29, 1.82) is 0 Å². The monoisotopic (exact) mass is 432 g/mol. The Bertz CT molecular complexity index is 762. The molecule has 1 aromatic carbocycles. The van der Waals surface area contributed by atoms with Crippen LogP contribution >= 0.6 is 0 Å². The lowest BCUT2D eigenvalue weighted by atomic mass is 10.0. The molecule has 1 aliphatic rings. The van der Waals surface area contributed by atoms with Gasteiger partial charge in [0.25, 0.3) is 0 Å². The maximum absolute atomic E-state index is 12.6. The molecule has 0 saturated carbocycles. The van der Waals surface area contributed by atoms with Crippen molar-refractivity contribution in [3.8, 4) is 0 Å². The van der Waals surface area contributed by atoms with Crippen LogP contribution in [0.2, 0.25) is 0 Å². The van der Waals surface area contributed by atoms with E-state index in [4.69, 9.17) is 0 Å². The van der Waals surface area contributed by atoms with Crippen molar-refractivity contribution >= 4 is 23.7 Å². The first-order valence-electron chi connectivity index (χ1n) is 10.6. The van der Waals surface area contributed by atoms with Crippen molar-refractivity contribution in [2.24, 2.45) is 5.92 Å². The predicted molar refractivity (Wildman–Crippen MR) is 115 cm³/mol. The fourth-order valence-corrected chi connectivity index (χ4v) is 3.47. The molecule has 3 atom stereocenters. The minimum Gasteiger partial charge on any atom is -0.480 e. The Labute approximate surface area is 182 Å². The molecule has 0 aliphatic carbocycles. The van der Waals surface area contributed by atoms with Crippen molar-refractivity contribution in [2.75, 3.05) is 13.1 Å². The lowest BCUT2D eigenvalue weighted by Gasteiger charge is -2.22. The van der Waals surface area contributed by atoms with Gasteiger partial charge in [-0.05, 0) is 37.3 Å². The average Bonchev–Trinajstić information content (AvgIpc) is 3.26. The molecule has 9 nitrogen and oxygen atoms in total. The van der Waals surface area contributed by atoms with Crippen LogP contribution in [-0.2, 0) is 25.6 Å². The Balaban J connectivity index is 1.88. The second-order valence-corrected chi connectivity index (χ2v) is 8.21. The van der Waals surface area contributed by atoms with Gasteiger partial charge in [0.15, 0.2) is 0 Å². The summed E-state index contributed by atoms with van der Waals surface area (Å²) in [5.41, 5.74) is 0.777. The summed E-state index contributed by atoms with van der Waals surface area (Å²) in [5, 5.41) is 20.2. The van der Waals surface area contributed by atoms with Crippen LogP contribution in [0, 0.1) is 5.92 Å². The number of hydrogen-bond acceptors (Lipinski definition) is 5. The van der Waals surface area contributed by atoms with E-state index in [-0.39, 0.29) is 30.8 Å². The minimum atomic E-state index is -1.16. The van der Waals surface area contributed by atoms with Gasteiger partial charge in [0.2, 0.25) is 17.7 Å². The molecule has 9 heteroatoms. The first kappa shape index (κ1) is 24.3. The summed E-state index contributed by atoms with van der Waals surface area (Å²) in [7, 11) is 0. The molecule has 1 aliphatic heterocycles. The fraction of sp³-hybridized carbons (Fsp3) is 0.545. The number of carbonyl (C=O) groups is 4. The minimum absolute atomic E-state index is 0.135. The molecular weight excluding hydrogens is 400 g/mol. The third-order valence-corrected chi connectivity index (χ3v) is 5.06. The number of aliphatic carboxylic acids is 1. The van der Waals surface area contributed by atoms with Gasteiger partial charge in [0.05, 0.1) is 12.6 Å². The van der Waals surface area contributed by atoms with Crippen LogP contribution in [0.5, 0.6) is 0 Å². The maximum atomic E-state index is 12.6. The topological polar surface area (TPSA) is 137 Å². The van der Waals surface area contributed by atoms with E-state index in [2.05, 4.69) is 21.3 Å². The highest BCUT2D eigenvalue weighted by Crippen LogP contribution is 2.09. The van der Waals surface area contributed by atoms with Crippen LogP contribution in [0.15, 0.2) is 30.3 Å². The third kappa shape index (κ3) is 8.37. The predicted octanol–water partition coefficient (Wildman–Crippen LogP) is 0.198. The van der Waals surface area contributed by atoms with Crippen LogP contribution in [0.1, 0.15) is 38.7 Å². The zero-order valence-corrected chi connectivity index (χ0v) is 18.0. The number of nitrogens with one attached hydrogen (secondary N) is 4. The number of rotatable bonds is 11. The maximum Gasteiger partial charge on any atom is 0.326 e. The van der Waals surface area contributed by atoms with Crippen LogP contribution < -0.4 is 21.3 Å². The molecule has 0 bridgehead atoms. The summed E-state index contributed by atoms with van der Waals surface area (Å²) in [6, 6.07) is 6.79. The van der Waals surface area contributed by atoms with E-state index in [1.165, 1.54) is 0 Å². The van der Waals surface area contributed by atoms with E-state index >= 15 is 0 Å². The van der Waals surface area contributed by atoms with Crippen LogP contribution in [0.25, 0.3) is 0 Å². The average molecular weight is 433 g/mol. The van der Waals surface area contributed by atoms with E-state index in [0.29, 0.717) is 6.42 Å². The lowest BCUT2D eigenvalue weighted by molar-refractivity contribution is -0.141. The molecule has 1 aromatic rings. The highest BCUT2D eigenvalue weighted by atomic mass is 16.4. The van der Waals surface area contributed by atoms with Gasteiger partial charge < -0.3 is 26.4 Å². The van der Waals surface area contributed by atoms with Gasteiger partial charge in [0, 0.05) is 6.42 Å². The van der Waals surface area contributed by atoms with Crippen molar-refractivity contribution in [2.45, 2.75) is 57.7 Å². The Kier molecular flexibility index (Phi) is 9.45.